The third-order valence-corrected chi connectivity index (χ3v) is 4.94. The highest BCUT2D eigenvalue weighted by Crippen LogP contribution is 2.29. The van der Waals surface area contributed by atoms with Crippen molar-refractivity contribution in [2.45, 2.75) is 44.8 Å². The maximum absolute atomic E-state index is 12.7. The summed E-state index contributed by atoms with van der Waals surface area (Å²) in [7, 11) is 0. The van der Waals surface area contributed by atoms with Crippen molar-refractivity contribution in [2.75, 3.05) is 0 Å². The van der Waals surface area contributed by atoms with Gasteiger partial charge in [-0.25, -0.2) is 0 Å². The predicted molar refractivity (Wildman–Crippen MR) is 91.5 cm³/mol. The molecule has 0 aliphatic rings. The van der Waals surface area contributed by atoms with Crippen molar-refractivity contribution < 1.29 is 4.79 Å². The molecule has 1 nitrogen and oxygen atoms in total. The van der Waals surface area contributed by atoms with Gasteiger partial charge in [0, 0.05) is 10.5 Å². The Morgan fingerprint density at radius 2 is 1.52 bits per heavy atom. The number of carbonyl (C=O) groups is 1. The highest BCUT2D eigenvalue weighted by atomic mass is 32.2. The number of Topliss-reactive ketones (excluding diaryl/α,β-unsaturated/α-hetero) is 1. The van der Waals surface area contributed by atoms with Crippen LogP contribution in [0.3, 0.4) is 0 Å². The molecule has 0 saturated heterocycles. The number of benzene rings is 2. The zero-order valence-electron chi connectivity index (χ0n) is 13.4. The van der Waals surface area contributed by atoms with Crippen molar-refractivity contribution in [3.63, 3.8) is 0 Å². The Bertz CT molecular complexity index is 673. The highest BCUT2D eigenvalue weighted by Gasteiger charge is 2.19. The van der Waals surface area contributed by atoms with Crippen LogP contribution in [0.25, 0.3) is 0 Å². The Labute approximate surface area is 131 Å². The fourth-order valence-corrected chi connectivity index (χ4v) is 3.40. The zero-order chi connectivity index (χ0) is 15.6. The fraction of sp³-hybridized carbons (Fsp3) is 0.316. The summed E-state index contributed by atoms with van der Waals surface area (Å²) in [5, 5.41) is -0.0769. The predicted octanol–water partition coefficient (Wildman–Crippen LogP) is 5.28. The minimum Gasteiger partial charge on any atom is -0.293 e. The molecule has 0 aromatic heterocycles. The lowest BCUT2D eigenvalue weighted by Crippen LogP contribution is -2.15. The van der Waals surface area contributed by atoms with Gasteiger partial charge in [-0.2, -0.15) is 0 Å². The molecule has 2 aromatic rings. The molecule has 0 aliphatic heterocycles. The molecule has 2 rings (SSSR count). The van der Waals surface area contributed by atoms with Gasteiger partial charge in [-0.05, 0) is 57.9 Å². The van der Waals surface area contributed by atoms with E-state index >= 15 is 0 Å². The van der Waals surface area contributed by atoms with E-state index in [1.807, 2.05) is 39.0 Å². The molecule has 2 heteroatoms. The molecule has 110 valence electrons. The van der Waals surface area contributed by atoms with Crippen molar-refractivity contribution in [1.82, 2.24) is 0 Å². The van der Waals surface area contributed by atoms with Crippen LogP contribution in [-0.4, -0.2) is 11.0 Å². The average Bonchev–Trinajstić information content (AvgIpc) is 2.43. The minimum absolute atomic E-state index is 0.0769. The van der Waals surface area contributed by atoms with Crippen LogP contribution >= 0.6 is 11.8 Å². The molecule has 0 radical (unpaired) electrons. The summed E-state index contributed by atoms with van der Waals surface area (Å²) in [6.45, 7) is 10.2. The summed E-state index contributed by atoms with van der Waals surface area (Å²) in [6, 6.07) is 12.5. The summed E-state index contributed by atoms with van der Waals surface area (Å²) < 4.78 is 0. The Hall–Kier alpha value is -1.54. The summed E-state index contributed by atoms with van der Waals surface area (Å²) in [4.78, 5) is 13.9. The molecule has 0 N–H and O–H groups in total. The van der Waals surface area contributed by atoms with Gasteiger partial charge in [-0.3, -0.25) is 4.79 Å². The minimum atomic E-state index is -0.0769. The molecule has 21 heavy (non-hydrogen) atoms. The van der Waals surface area contributed by atoms with Crippen LogP contribution in [0.4, 0.5) is 0 Å². The Balaban J connectivity index is 2.21. The Kier molecular flexibility index (Phi) is 4.89. The third-order valence-electron chi connectivity index (χ3n) is 3.66. The number of hydrogen-bond donors (Lipinski definition) is 0. The second kappa shape index (κ2) is 6.48. The van der Waals surface area contributed by atoms with Crippen molar-refractivity contribution in [3.05, 3.63) is 64.2 Å². The second-order valence-electron chi connectivity index (χ2n) is 5.71. The molecule has 0 bridgehead atoms. The molecule has 0 amide bonds. The Morgan fingerprint density at radius 3 is 2.19 bits per heavy atom. The van der Waals surface area contributed by atoms with E-state index in [0.717, 1.165) is 16.7 Å². The topological polar surface area (TPSA) is 17.1 Å². The number of ketones is 1. The molecular weight excluding hydrogens is 276 g/mol. The maximum Gasteiger partial charge on any atom is 0.176 e. The van der Waals surface area contributed by atoms with E-state index in [9.17, 15) is 4.79 Å². The van der Waals surface area contributed by atoms with Crippen molar-refractivity contribution in [1.29, 1.82) is 0 Å². The van der Waals surface area contributed by atoms with Gasteiger partial charge >= 0.3 is 0 Å². The van der Waals surface area contributed by atoms with Gasteiger partial charge in [0.2, 0.25) is 0 Å². The molecule has 1 unspecified atom stereocenters. The van der Waals surface area contributed by atoms with Crippen LogP contribution in [0.1, 0.15) is 39.5 Å². The molecule has 1 atom stereocenters. The fourth-order valence-electron chi connectivity index (χ4n) is 2.40. The molecule has 0 aliphatic carbocycles. The maximum atomic E-state index is 12.7. The zero-order valence-corrected chi connectivity index (χ0v) is 14.2. The number of carbonyl (C=O) groups excluding carboxylic acids is 1. The lowest BCUT2D eigenvalue weighted by molar-refractivity contribution is 0.0993. The quantitative estimate of drug-likeness (QED) is 0.564. The molecule has 2 aromatic carbocycles. The first-order valence-electron chi connectivity index (χ1n) is 7.24. The van der Waals surface area contributed by atoms with Gasteiger partial charge in [-0.15, -0.1) is 11.8 Å². The van der Waals surface area contributed by atoms with Crippen LogP contribution < -0.4 is 0 Å². The normalized spacial score (nSPS) is 12.2. The Morgan fingerprint density at radius 1 is 0.905 bits per heavy atom. The number of aryl methyl sites for hydroxylation is 4. The monoisotopic (exact) mass is 298 g/mol. The first-order chi connectivity index (χ1) is 9.88. The highest BCUT2D eigenvalue weighted by molar-refractivity contribution is 8.00. The summed E-state index contributed by atoms with van der Waals surface area (Å²) in [5.41, 5.74) is 5.53. The number of rotatable bonds is 4. The summed E-state index contributed by atoms with van der Waals surface area (Å²) in [6.07, 6.45) is 0. The first kappa shape index (κ1) is 15.8. The van der Waals surface area contributed by atoms with Gasteiger partial charge in [-0.1, -0.05) is 35.4 Å². The molecule has 0 fully saturated rings. The van der Waals surface area contributed by atoms with Crippen molar-refractivity contribution in [3.8, 4) is 0 Å². The lowest BCUT2D eigenvalue weighted by atomic mass is 10.0. The molecule has 0 heterocycles. The molecular formula is C19H22OS. The van der Waals surface area contributed by atoms with Gasteiger partial charge in [0.1, 0.15) is 0 Å². The van der Waals surface area contributed by atoms with E-state index in [-0.39, 0.29) is 11.0 Å². The molecule has 0 spiro atoms. The van der Waals surface area contributed by atoms with E-state index < -0.39 is 0 Å². The largest absolute Gasteiger partial charge is 0.293 e. The summed E-state index contributed by atoms with van der Waals surface area (Å²) >= 11 is 1.65. The molecule has 0 saturated carbocycles. The van der Waals surface area contributed by atoms with Crippen molar-refractivity contribution in [2.24, 2.45) is 0 Å². The average molecular weight is 298 g/mol. The van der Waals surface area contributed by atoms with Crippen molar-refractivity contribution >= 4 is 17.5 Å². The van der Waals surface area contributed by atoms with Gasteiger partial charge in [0.15, 0.2) is 5.78 Å². The van der Waals surface area contributed by atoms with E-state index in [2.05, 4.69) is 32.0 Å². The number of hydrogen-bond acceptors (Lipinski definition) is 2. The van der Waals surface area contributed by atoms with E-state index in [4.69, 9.17) is 0 Å². The third kappa shape index (κ3) is 3.76. The standard InChI is InChI=1S/C19H22OS/c1-12-7-9-18(15(4)10-12)21-16(5)19(20)17-11-13(2)6-8-14(17)3/h6-11,16H,1-5H3. The first-order valence-corrected chi connectivity index (χ1v) is 8.12. The number of thioether (sulfide) groups is 1. The van der Waals surface area contributed by atoms with Gasteiger partial charge in [0.05, 0.1) is 5.25 Å². The smallest absolute Gasteiger partial charge is 0.176 e. The lowest BCUT2D eigenvalue weighted by Gasteiger charge is -2.14. The second-order valence-corrected chi connectivity index (χ2v) is 7.09. The van der Waals surface area contributed by atoms with Crippen LogP contribution in [0, 0.1) is 27.7 Å². The van der Waals surface area contributed by atoms with E-state index in [1.54, 1.807) is 11.8 Å². The van der Waals surface area contributed by atoms with Crippen LogP contribution in [0.15, 0.2) is 41.3 Å². The van der Waals surface area contributed by atoms with Gasteiger partial charge in [0.25, 0.3) is 0 Å². The summed E-state index contributed by atoms with van der Waals surface area (Å²) in [5.74, 6) is 0.209. The van der Waals surface area contributed by atoms with E-state index in [0.29, 0.717) is 0 Å². The van der Waals surface area contributed by atoms with Crippen LogP contribution in [0.2, 0.25) is 0 Å². The van der Waals surface area contributed by atoms with Gasteiger partial charge < -0.3 is 0 Å². The SMILES string of the molecule is Cc1ccc(SC(C)C(=O)c2cc(C)ccc2C)c(C)c1. The van der Waals surface area contributed by atoms with E-state index in [1.165, 1.54) is 16.0 Å². The van der Waals surface area contributed by atoms with Crippen LogP contribution in [0.5, 0.6) is 0 Å². The van der Waals surface area contributed by atoms with Crippen LogP contribution in [-0.2, 0) is 0 Å².